The number of aliphatic carboxylic acids is 1. The van der Waals surface area contributed by atoms with Gasteiger partial charge in [-0.1, -0.05) is 5.16 Å². The van der Waals surface area contributed by atoms with E-state index in [2.05, 4.69) is 10.5 Å². The molecule has 1 aromatic heterocycles. The van der Waals surface area contributed by atoms with E-state index in [0.29, 0.717) is 36.3 Å². The number of carboxylic acids is 1. The average Bonchev–Trinajstić information content (AvgIpc) is 2.86. The van der Waals surface area contributed by atoms with E-state index < -0.39 is 5.97 Å². The summed E-state index contributed by atoms with van der Waals surface area (Å²) in [6, 6.07) is -0.0766. The van der Waals surface area contributed by atoms with E-state index in [1.807, 2.05) is 0 Å². The minimum atomic E-state index is -0.788. The molecule has 0 aliphatic heterocycles. The molecule has 1 aliphatic carbocycles. The zero-order valence-corrected chi connectivity index (χ0v) is 10.4. The second-order valence-electron chi connectivity index (χ2n) is 4.72. The van der Waals surface area contributed by atoms with Gasteiger partial charge in [0.1, 0.15) is 11.3 Å². The first-order valence-electron chi connectivity index (χ1n) is 5.95. The monoisotopic (exact) mass is 252 g/mol. The van der Waals surface area contributed by atoms with E-state index in [4.69, 9.17) is 9.63 Å². The van der Waals surface area contributed by atoms with Gasteiger partial charge in [0, 0.05) is 6.04 Å². The van der Waals surface area contributed by atoms with Crippen LogP contribution in [-0.4, -0.2) is 28.2 Å². The number of hydrogen-bond donors (Lipinski definition) is 2. The number of aromatic nitrogens is 1. The maximum Gasteiger partial charge on any atom is 0.306 e. The second-order valence-corrected chi connectivity index (χ2v) is 4.72. The van der Waals surface area contributed by atoms with Gasteiger partial charge in [-0.15, -0.1) is 0 Å². The number of hydrogen-bond acceptors (Lipinski definition) is 4. The van der Waals surface area contributed by atoms with Crippen LogP contribution >= 0.6 is 0 Å². The first kappa shape index (κ1) is 12.6. The van der Waals surface area contributed by atoms with Crippen molar-refractivity contribution in [3.8, 4) is 0 Å². The quantitative estimate of drug-likeness (QED) is 0.845. The number of carbonyl (C=O) groups excluding carboxylic acids is 1. The smallest absolute Gasteiger partial charge is 0.306 e. The molecule has 6 nitrogen and oxygen atoms in total. The molecule has 98 valence electrons. The van der Waals surface area contributed by atoms with Crippen molar-refractivity contribution >= 4 is 11.9 Å². The van der Waals surface area contributed by atoms with Crippen LogP contribution in [0.1, 0.15) is 41.1 Å². The van der Waals surface area contributed by atoms with E-state index in [-0.39, 0.29) is 17.9 Å². The van der Waals surface area contributed by atoms with Gasteiger partial charge in [-0.2, -0.15) is 0 Å². The SMILES string of the molecule is Cc1noc(C)c1C(=O)NC1CCC(C(=O)O)C1. The molecule has 2 rings (SSSR count). The molecule has 0 saturated heterocycles. The van der Waals surface area contributed by atoms with E-state index >= 15 is 0 Å². The van der Waals surface area contributed by atoms with Gasteiger partial charge in [0.05, 0.1) is 11.6 Å². The summed E-state index contributed by atoms with van der Waals surface area (Å²) in [4.78, 5) is 22.9. The Morgan fingerprint density at radius 3 is 2.61 bits per heavy atom. The van der Waals surface area contributed by atoms with E-state index in [0.717, 1.165) is 0 Å². The Labute approximate surface area is 104 Å². The van der Waals surface area contributed by atoms with Crippen molar-refractivity contribution in [2.75, 3.05) is 0 Å². The van der Waals surface area contributed by atoms with Crippen LogP contribution in [0.3, 0.4) is 0 Å². The summed E-state index contributed by atoms with van der Waals surface area (Å²) >= 11 is 0. The summed E-state index contributed by atoms with van der Waals surface area (Å²) in [6.07, 6.45) is 1.80. The zero-order valence-electron chi connectivity index (χ0n) is 10.4. The van der Waals surface area contributed by atoms with Crippen molar-refractivity contribution in [1.29, 1.82) is 0 Å². The minimum Gasteiger partial charge on any atom is -0.481 e. The van der Waals surface area contributed by atoms with E-state index in [1.54, 1.807) is 13.8 Å². The lowest BCUT2D eigenvalue weighted by Crippen LogP contribution is -2.33. The van der Waals surface area contributed by atoms with Crippen LogP contribution in [-0.2, 0) is 4.79 Å². The molecule has 1 amide bonds. The average molecular weight is 252 g/mol. The first-order valence-corrected chi connectivity index (χ1v) is 5.95. The van der Waals surface area contributed by atoms with Gasteiger partial charge in [-0.3, -0.25) is 9.59 Å². The van der Waals surface area contributed by atoms with Crippen LogP contribution in [0.5, 0.6) is 0 Å². The normalized spacial score (nSPS) is 23.0. The maximum atomic E-state index is 12.0. The molecule has 2 N–H and O–H groups in total. The summed E-state index contributed by atoms with van der Waals surface area (Å²) in [5.41, 5.74) is 1.01. The van der Waals surface area contributed by atoms with Gasteiger partial charge in [0.2, 0.25) is 0 Å². The van der Waals surface area contributed by atoms with Crippen molar-refractivity contribution in [3.05, 3.63) is 17.0 Å². The number of carbonyl (C=O) groups is 2. The minimum absolute atomic E-state index is 0.0766. The third kappa shape index (κ3) is 2.37. The van der Waals surface area contributed by atoms with Crippen molar-refractivity contribution in [3.63, 3.8) is 0 Å². The van der Waals surface area contributed by atoms with Crippen LogP contribution < -0.4 is 5.32 Å². The first-order chi connectivity index (χ1) is 8.49. The highest BCUT2D eigenvalue weighted by Crippen LogP contribution is 2.26. The fourth-order valence-corrected chi connectivity index (χ4v) is 2.40. The Balaban J connectivity index is 1.99. The molecular formula is C12H16N2O4. The van der Waals surface area contributed by atoms with Crippen molar-refractivity contribution in [2.24, 2.45) is 5.92 Å². The molecule has 18 heavy (non-hydrogen) atoms. The summed E-state index contributed by atoms with van der Waals surface area (Å²) < 4.78 is 4.94. The van der Waals surface area contributed by atoms with Gasteiger partial charge in [-0.25, -0.2) is 0 Å². The van der Waals surface area contributed by atoms with Gasteiger partial charge in [0.15, 0.2) is 0 Å². The molecular weight excluding hydrogens is 236 g/mol. The molecule has 1 aromatic rings. The Bertz CT molecular complexity index is 461. The number of nitrogens with zero attached hydrogens (tertiary/aromatic N) is 1. The molecule has 2 atom stereocenters. The lowest BCUT2D eigenvalue weighted by atomic mass is 10.1. The Kier molecular flexibility index (Phi) is 3.36. The highest BCUT2D eigenvalue weighted by atomic mass is 16.5. The maximum absolute atomic E-state index is 12.0. The Morgan fingerprint density at radius 1 is 1.39 bits per heavy atom. The van der Waals surface area contributed by atoms with Crippen molar-refractivity contribution < 1.29 is 19.2 Å². The zero-order chi connectivity index (χ0) is 13.3. The van der Waals surface area contributed by atoms with Gasteiger partial charge in [-0.05, 0) is 33.1 Å². The molecule has 1 saturated carbocycles. The highest BCUT2D eigenvalue weighted by Gasteiger charge is 2.31. The molecule has 1 aliphatic rings. The standard InChI is InChI=1S/C12H16N2O4/c1-6-10(7(2)18-14-6)11(15)13-9-4-3-8(5-9)12(16)17/h8-9H,3-5H2,1-2H3,(H,13,15)(H,16,17). The predicted molar refractivity (Wildman–Crippen MR) is 62.2 cm³/mol. The molecule has 2 unspecified atom stereocenters. The predicted octanol–water partition coefficient (Wildman–Crippen LogP) is 1.27. The van der Waals surface area contributed by atoms with Crippen molar-refractivity contribution in [1.82, 2.24) is 10.5 Å². The molecule has 0 spiro atoms. The Hall–Kier alpha value is -1.85. The van der Waals surface area contributed by atoms with Gasteiger partial charge < -0.3 is 14.9 Å². The van der Waals surface area contributed by atoms with E-state index in [1.165, 1.54) is 0 Å². The summed E-state index contributed by atoms with van der Waals surface area (Å²) in [5, 5.41) is 15.5. The van der Waals surface area contributed by atoms with E-state index in [9.17, 15) is 9.59 Å². The topological polar surface area (TPSA) is 92.4 Å². The fourth-order valence-electron chi connectivity index (χ4n) is 2.40. The fraction of sp³-hybridized carbons (Fsp3) is 0.583. The van der Waals surface area contributed by atoms with Crippen LogP contribution in [0, 0.1) is 19.8 Å². The van der Waals surface area contributed by atoms with Crippen molar-refractivity contribution in [2.45, 2.75) is 39.2 Å². The number of carboxylic acid groups (broad SMARTS) is 1. The largest absolute Gasteiger partial charge is 0.481 e. The van der Waals surface area contributed by atoms with Crippen LogP contribution in [0.15, 0.2) is 4.52 Å². The second kappa shape index (κ2) is 4.80. The van der Waals surface area contributed by atoms with Crippen LogP contribution in [0.4, 0.5) is 0 Å². The number of aryl methyl sites for hydroxylation is 2. The summed E-state index contributed by atoms with van der Waals surface area (Å²) in [5.74, 6) is -0.885. The molecule has 6 heteroatoms. The molecule has 0 radical (unpaired) electrons. The number of rotatable bonds is 3. The lowest BCUT2D eigenvalue weighted by molar-refractivity contribution is -0.141. The Morgan fingerprint density at radius 2 is 2.11 bits per heavy atom. The van der Waals surface area contributed by atoms with Gasteiger partial charge in [0.25, 0.3) is 5.91 Å². The third-order valence-corrected chi connectivity index (χ3v) is 3.38. The molecule has 0 aromatic carbocycles. The number of nitrogens with one attached hydrogen (secondary N) is 1. The summed E-state index contributed by atoms with van der Waals surface area (Å²) in [7, 11) is 0. The van der Waals surface area contributed by atoms with Crippen LogP contribution in [0.2, 0.25) is 0 Å². The molecule has 1 heterocycles. The van der Waals surface area contributed by atoms with Crippen LogP contribution in [0.25, 0.3) is 0 Å². The van der Waals surface area contributed by atoms with Gasteiger partial charge >= 0.3 is 5.97 Å². The summed E-state index contributed by atoms with van der Waals surface area (Å²) in [6.45, 7) is 3.39. The lowest BCUT2D eigenvalue weighted by Gasteiger charge is -2.11. The third-order valence-electron chi connectivity index (χ3n) is 3.38. The molecule has 0 bridgehead atoms. The molecule has 1 fully saturated rings. The highest BCUT2D eigenvalue weighted by molar-refractivity contribution is 5.96. The number of amides is 1.